The SMILES string of the molecule is COC(=O)[C@H]1C(O)=CC(=O)C[C@@H]1C. The number of hydrogen-bond donors (Lipinski definition) is 1. The molecule has 0 unspecified atom stereocenters. The van der Waals surface area contributed by atoms with Crippen LogP contribution < -0.4 is 0 Å². The lowest BCUT2D eigenvalue weighted by Crippen LogP contribution is -2.30. The fraction of sp³-hybridized carbons (Fsp3) is 0.556. The van der Waals surface area contributed by atoms with Crippen LogP contribution in [0.3, 0.4) is 0 Å². The first-order valence-electron chi connectivity index (χ1n) is 4.07. The molecule has 0 fully saturated rings. The molecule has 2 atom stereocenters. The minimum Gasteiger partial charge on any atom is -0.511 e. The van der Waals surface area contributed by atoms with Gasteiger partial charge in [0, 0.05) is 12.5 Å². The molecule has 4 heteroatoms. The van der Waals surface area contributed by atoms with Gasteiger partial charge in [0.15, 0.2) is 5.78 Å². The summed E-state index contributed by atoms with van der Waals surface area (Å²) in [4.78, 5) is 22.1. The number of ketones is 1. The molecule has 0 saturated heterocycles. The van der Waals surface area contributed by atoms with Gasteiger partial charge in [0.1, 0.15) is 11.7 Å². The fourth-order valence-electron chi connectivity index (χ4n) is 1.52. The van der Waals surface area contributed by atoms with Gasteiger partial charge in [-0.25, -0.2) is 0 Å². The van der Waals surface area contributed by atoms with Crippen LogP contribution in [0.15, 0.2) is 11.8 Å². The predicted molar refractivity (Wildman–Crippen MR) is 45.0 cm³/mol. The molecule has 1 rings (SSSR count). The summed E-state index contributed by atoms with van der Waals surface area (Å²) in [7, 11) is 1.26. The summed E-state index contributed by atoms with van der Waals surface area (Å²) in [6.45, 7) is 1.74. The molecule has 0 bridgehead atoms. The summed E-state index contributed by atoms with van der Waals surface area (Å²) in [5.74, 6) is -1.69. The zero-order valence-corrected chi connectivity index (χ0v) is 7.61. The van der Waals surface area contributed by atoms with E-state index in [0.29, 0.717) is 0 Å². The summed E-state index contributed by atoms with van der Waals surface area (Å²) in [6.07, 6.45) is 1.38. The maximum atomic E-state index is 11.2. The Balaban J connectivity index is 2.90. The van der Waals surface area contributed by atoms with E-state index in [9.17, 15) is 14.7 Å². The zero-order valence-electron chi connectivity index (χ0n) is 7.61. The number of aliphatic hydroxyl groups is 1. The molecule has 0 aromatic carbocycles. The minimum atomic E-state index is -0.678. The molecule has 1 aliphatic carbocycles. The molecule has 0 aliphatic heterocycles. The summed E-state index contributed by atoms with van der Waals surface area (Å²) in [5, 5.41) is 9.35. The van der Waals surface area contributed by atoms with E-state index < -0.39 is 11.9 Å². The van der Waals surface area contributed by atoms with Crippen LogP contribution in [0.25, 0.3) is 0 Å². The van der Waals surface area contributed by atoms with Crippen molar-refractivity contribution < 1.29 is 19.4 Å². The number of allylic oxidation sites excluding steroid dienone is 1. The average molecular weight is 184 g/mol. The van der Waals surface area contributed by atoms with Gasteiger partial charge in [-0.2, -0.15) is 0 Å². The molecule has 0 aromatic rings. The van der Waals surface area contributed by atoms with Gasteiger partial charge in [-0.15, -0.1) is 0 Å². The van der Waals surface area contributed by atoms with Crippen LogP contribution in [0.1, 0.15) is 13.3 Å². The van der Waals surface area contributed by atoms with Gasteiger partial charge in [-0.1, -0.05) is 6.92 Å². The van der Waals surface area contributed by atoms with Crippen LogP contribution in [0.5, 0.6) is 0 Å². The molecule has 72 valence electrons. The van der Waals surface area contributed by atoms with Gasteiger partial charge < -0.3 is 9.84 Å². The number of ether oxygens (including phenoxy) is 1. The van der Waals surface area contributed by atoms with Crippen molar-refractivity contribution in [2.24, 2.45) is 11.8 Å². The Bertz CT molecular complexity index is 267. The van der Waals surface area contributed by atoms with Gasteiger partial charge in [0.25, 0.3) is 0 Å². The first-order valence-corrected chi connectivity index (χ1v) is 4.07. The number of esters is 1. The topological polar surface area (TPSA) is 63.6 Å². The van der Waals surface area contributed by atoms with Crippen LogP contribution >= 0.6 is 0 Å². The van der Waals surface area contributed by atoms with E-state index in [2.05, 4.69) is 4.74 Å². The van der Waals surface area contributed by atoms with Gasteiger partial charge in [-0.05, 0) is 5.92 Å². The zero-order chi connectivity index (χ0) is 10.0. The minimum absolute atomic E-state index is 0.148. The Kier molecular flexibility index (Phi) is 2.70. The standard InChI is InChI=1S/C9H12O4/c1-5-3-6(10)4-7(11)8(5)9(12)13-2/h4-5,8,11H,3H2,1-2H3/t5-,8+/m0/s1. The van der Waals surface area contributed by atoms with Crippen molar-refractivity contribution in [2.45, 2.75) is 13.3 Å². The number of aliphatic hydroxyl groups excluding tert-OH is 1. The lowest BCUT2D eigenvalue weighted by atomic mass is 9.83. The molecule has 0 amide bonds. The number of rotatable bonds is 1. The molecule has 0 aromatic heterocycles. The van der Waals surface area contributed by atoms with Crippen molar-refractivity contribution in [3.8, 4) is 0 Å². The Hall–Kier alpha value is -1.32. The van der Waals surface area contributed by atoms with Crippen molar-refractivity contribution in [3.63, 3.8) is 0 Å². The lowest BCUT2D eigenvalue weighted by molar-refractivity contribution is -0.147. The second-order valence-electron chi connectivity index (χ2n) is 3.22. The highest BCUT2D eigenvalue weighted by molar-refractivity contribution is 5.93. The first kappa shape index (κ1) is 9.77. The van der Waals surface area contributed by atoms with Crippen LogP contribution in [0.2, 0.25) is 0 Å². The summed E-state index contributed by atoms with van der Waals surface area (Å²) in [5.41, 5.74) is 0. The third kappa shape index (κ3) is 1.88. The molecule has 0 spiro atoms. The molecule has 0 heterocycles. The van der Waals surface area contributed by atoms with E-state index in [1.807, 2.05) is 0 Å². The fourth-order valence-corrected chi connectivity index (χ4v) is 1.52. The largest absolute Gasteiger partial charge is 0.511 e. The van der Waals surface area contributed by atoms with E-state index in [1.165, 1.54) is 7.11 Å². The van der Waals surface area contributed by atoms with Crippen LogP contribution in [0, 0.1) is 11.8 Å². The summed E-state index contributed by atoms with van der Waals surface area (Å²) in [6, 6.07) is 0. The first-order chi connectivity index (χ1) is 6.06. The predicted octanol–water partition coefficient (Wildman–Crippen LogP) is 0.826. The second-order valence-corrected chi connectivity index (χ2v) is 3.22. The third-order valence-electron chi connectivity index (χ3n) is 2.17. The highest BCUT2D eigenvalue weighted by Crippen LogP contribution is 2.27. The Labute approximate surface area is 76.2 Å². The van der Waals surface area contributed by atoms with Crippen molar-refractivity contribution in [1.82, 2.24) is 0 Å². The number of hydrogen-bond acceptors (Lipinski definition) is 4. The smallest absolute Gasteiger partial charge is 0.316 e. The highest BCUT2D eigenvalue weighted by Gasteiger charge is 2.34. The van der Waals surface area contributed by atoms with Crippen molar-refractivity contribution >= 4 is 11.8 Å². The van der Waals surface area contributed by atoms with E-state index in [-0.39, 0.29) is 23.9 Å². The third-order valence-corrected chi connectivity index (χ3v) is 2.17. The second kappa shape index (κ2) is 3.60. The van der Waals surface area contributed by atoms with E-state index in [0.717, 1.165) is 6.08 Å². The van der Waals surface area contributed by atoms with E-state index in [4.69, 9.17) is 0 Å². The normalized spacial score (nSPS) is 28.2. The molecule has 13 heavy (non-hydrogen) atoms. The summed E-state index contributed by atoms with van der Waals surface area (Å²) < 4.78 is 4.51. The van der Waals surface area contributed by atoms with Crippen LogP contribution in [-0.2, 0) is 14.3 Å². The Morgan fingerprint density at radius 3 is 2.77 bits per heavy atom. The van der Waals surface area contributed by atoms with Crippen molar-refractivity contribution in [2.75, 3.05) is 7.11 Å². The highest BCUT2D eigenvalue weighted by atomic mass is 16.5. The van der Waals surface area contributed by atoms with E-state index in [1.54, 1.807) is 6.92 Å². The number of carbonyl (C=O) groups is 2. The van der Waals surface area contributed by atoms with Crippen molar-refractivity contribution in [3.05, 3.63) is 11.8 Å². The van der Waals surface area contributed by atoms with Crippen LogP contribution in [0.4, 0.5) is 0 Å². The van der Waals surface area contributed by atoms with E-state index >= 15 is 0 Å². The maximum Gasteiger partial charge on any atom is 0.316 e. The monoisotopic (exact) mass is 184 g/mol. The molecule has 1 aliphatic rings. The molecule has 1 N–H and O–H groups in total. The van der Waals surface area contributed by atoms with Crippen molar-refractivity contribution in [1.29, 1.82) is 0 Å². The Morgan fingerprint density at radius 1 is 1.69 bits per heavy atom. The molecular formula is C9H12O4. The lowest BCUT2D eigenvalue weighted by Gasteiger charge is -2.23. The van der Waals surface area contributed by atoms with Gasteiger partial charge in [0.05, 0.1) is 7.11 Å². The molecular weight excluding hydrogens is 172 g/mol. The van der Waals surface area contributed by atoms with Gasteiger partial charge in [0.2, 0.25) is 0 Å². The van der Waals surface area contributed by atoms with Gasteiger partial charge >= 0.3 is 5.97 Å². The van der Waals surface area contributed by atoms with Gasteiger partial charge in [-0.3, -0.25) is 9.59 Å². The summed E-state index contributed by atoms with van der Waals surface area (Å²) >= 11 is 0. The number of carbonyl (C=O) groups excluding carboxylic acids is 2. The maximum absolute atomic E-state index is 11.2. The molecule has 4 nitrogen and oxygen atoms in total. The van der Waals surface area contributed by atoms with Crippen LogP contribution in [-0.4, -0.2) is 24.0 Å². The average Bonchev–Trinajstić information content (AvgIpc) is 2.02. The Morgan fingerprint density at radius 2 is 2.31 bits per heavy atom. The molecule has 0 saturated carbocycles. The molecule has 0 radical (unpaired) electrons. The quantitative estimate of drug-likeness (QED) is 0.613. The number of methoxy groups -OCH3 is 1.